The Morgan fingerprint density at radius 3 is 2.79 bits per heavy atom. The molecule has 0 radical (unpaired) electrons. The highest BCUT2D eigenvalue weighted by atomic mass is 32.2. The van der Waals surface area contributed by atoms with Crippen molar-refractivity contribution in [3.63, 3.8) is 0 Å². The third-order valence-electron chi connectivity index (χ3n) is 2.47. The van der Waals surface area contributed by atoms with Crippen molar-refractivity contribution in [3.8, 4) is 0 Å². The molecular formula is C8H13NO4S. The number of fused-ring (bicyclic) bond motifs is 1. The monoisotopic (exact) mass is 219 g/mol. The maximum atomic E-state index is 9.71. The average Bonchev–Trinajstić information content (AvgIpc) is 2.52. The molecule has 5 nitrogen and oxygen atoms in total. The van der Waals surface area contributed by atoms with E-state index < -0.39 is 24.4 Å². The highest BCUT2D eigenvalue weighted by molar-refractivity contribution is 8.14. The average molecular weight is 219 g/mol. The van der Waals surface area contributed by atoms with Crippen LogP contribution in [0.25, 0.3) is 0 Å². The molecule has 0 aromatic carbocycles. The smallest absolute Gasteiger partial charge is 0.134 e. The second kappa shape index (κ2) is 3.79. The fourth-order valence-corrected chi connectivity index (χ4v) is 2.79. The van der Waals surface area contributed by atoms with Crippen LogP contribution in [0.15, 0.2) is 4.99 Å². The molecule has 14 heavy (non-hydrogen) atoms. The summed E-state index contributed by atoms with van der Waals surface area (Å²) in [7, 11) is 0. The van der Waals surface area contributed by atoms with Crippen molar-refractivity contribution in [2.45, 2.75) is 36.7 Å². The molecule has 6 heteroatoms. The highest BCUT2D eigenvalue weighted by Crippen LogP contribution is 2.36. The lowest BCUT2D eigenvalue weighted by molar-refractivity contribution is -0.164. The summed E-state index contributed by atoms with van der Waals surface area (Å²) in [6, 6.07) is -0.405. The van der Waals surface area contributed by atoms with Gasteiger partial charge in [0.25, 0.3) is 0 Å². The van der Waals surface area contributed by atoms with Gasteiger partial charge in [0, 0.05) is 0 Å². The molecule has 2 heterocycles. The second-order valence-corrected chi connectivity index (χ2v) is 4.75. The van der Waals surface area contributed by atoms with Crippen LogP contribution >= 0.6 is 11.8 Å². The fraction of sp³-hybridized carbons (Fsp3) is 0.875. The van der Waals surface area contributed by atoms with Crippen molar-refractivity contribution >= 4 is 16.8 Å². The van der Waals surface area contributed by atoms with Gasteiger partial charge in [0.2, 0.25) is 0 Å². The van der Waals surface area contributed by atoms with Gasteiger partial charge in [-0.3, -0.25) is 4.99 Å². The van der Waals surface area contributed by atoms with E-state index in [4.69, 9.17) is 9.84 Å². The van der Waals surface area contributed by atoms with Crippen LogP contribution in [0.5, 0.6) is 0 Å². The van der Waals surface area contributed by atoms with E-state index in [2.05, 4.69) is 4.99 Å². The largest absolute Gasteiger partial charge is 0.394 e. The number of ether oxygens (including phenoxy) is 1. The zero-order valence-corrected chi connectivity index (χ0v) is 8.52. The van der Waals surface area contributed by atoms with Gasteiger partial charge in [-0.25, -0.2) is 0 Å². The molecule has 2 rings (SSSR count). The van der Waals surface area contributed by atoms with Gasteiger partial charge in [-0.1, -0.05) is 11.8 Å². The number of aliphatic imine (C=N–C) groups is 1. The Bertz CT molecular complexity index is 260. The number of hydrogen-bond donors (Lipinski definition) is 3. The van der Waals surface area contributed by atoms with Crippen LogP contribution in [-0.4, -0.2) is 56.8 Å². The third-order valence-corrected chi connectivity index (χ3v) is 3.53. The highest BCUT2D eigenvalue weighted by Gasteiger charge is 2.47. The minimum Gasteiger partial charge on any atom is -0.394 e. The summed E-state index contributed by atoms with van der Waals surface area (Å²) in [6.07, 6.45) is -2.72. The molecule has 0 saturated carbocycles. The van der Waals surface area contributed by atoms with Crippen molar-refractivity contribution in [2.24, 2.45) is 4.99 Å². The molecule has 3 unspecified atom stereocenters. The van der Waals surface area contributed by atoms with Crippen molar-refractivity contribution in [1.82, 2.24) is 0 Å². The van der Waals surface area contributed by atoms with E-state index in [1.165, 1.54) is 11.8 Å². The Morgan fingerprint density at radius 1 is 1.43 bits per heavy atom. The van der Waals surface area contributed by atoms with Gasteiger partial charge in [-0.15, -0.1) is 0 Å². The quantitative estimate of drug-likeness (QED) is 0.525. The lowest BCUT2D eigenvalue weighted by Gasteiger charge is -2.37. The van der Waals surface area contributed by atoms with E-state index >= 15 is 0 Å². The summed E-state index contributed by atoms with van der Waals surface area (Å²) in [5.74, 6) is 0. The summed E-state index contributed by atoms with van der Waals surface area (Å²) >= 11 is 1.42. The van der Waals surface area contributed by atoms with Crippen molar-refractivity contribution in [2.75, 3.05) is 6.61 Å². The van der Waals surface area contributed by atoms with Gasteiger partial charge in [0.05, 0.1) is 11.7 Å². The summed E-state index contributed by atoms with van der Waals surface area (Å²) < 4.78 is 5.40. The van der Waals surface area contributed by atoms with Gasteiger partial charge in [0.15, 0.2) is 0 Å². The number of hydrogen-bond acceptors (Lipinski definition) is 6. The first-order valence-corrected chi connectivity index (χ1v) is 5.35. The van der Waals surface area contributed by atoms with E-state index in [1.54, 1.807) is 0 Å². The minimum atomic E-state index is -1.06. The molecule has 2 aliphatic rings. The summed E-state index contributed by atoms with van der Waals surface area (Å²) in [4.78, 5) is 4.17. The number of aliphatic hydroxyl groups excluding tert-OH is 3. The molecule has 1 saturated heterocycles. The standard InChI is InChI=1S/C8H13NO4S/c1-3-9-5-7(12)6(11)4(2-10)13-8(5)14-3/h4-8,10-12H,2H2,1H3/t4-,5?,6?,7-,8?/m1/s1. The normalized spacial score (nSPS) is 47.4. The second-order valence-electron chi connectivity index (χ2n) is 3.46. The molecule has 0 bridgehead atoms. The predicted molar refractivity (Wildman–Crippen MR) is 52.2 cm³/mol. The van der Waals surface area contributed by atoms with E-state index in [0.29, 0.717) is 0 Å². The summed E-state index contributed by atoms with van der Waals surface area (Å²) in [5, 5.41) is 29.0. The van der Waals surface area contributed by atoms with Crippen molar-refractivity contribution in [3.05, 3.63) is 0 Å². The van der Waals surface area contributed by atoms with Crippen LogP contribution in [0.1, 0.15) is 6.92 Å². The molecule has 1 fully saturated rings. The van der Waals surface area contributed by atoms with Crippen LogP contribution < -0.4 is 0 Å². The summed E-state index contributed by atoms with van der Waals surface area (Å²) in [6.45, 7) is 1.54. The molecule has 0 aromatic rings. The van der Waals surface area contributed by atoms with Crippen molar-refractivity contribution in [1.29, 1.82) is 0 Å². The van der Waals surface area contributed by atoms with Gasteiger partial charge in [0.1, 0.15) is 29.8 Å². The topological polar surface area (TPSA) is 82.3 Å². The lowest BCUT2D eigenvalue weighted by atomic mass is 9.99. The van der Waals surface area contributed by atoms with Gasteiger partial charge >= 0.3 is 0 Å². The molecule has 5 atom stereocenters. The van der Waals surface area contributed by atoms with E-state index in [9.17, 15) is 10.2 Å². The maximum absolute atomic E-state index is 9.71. The zero-order chi connectivity index (χ0) is 10.3. The van der Waals surface area contributed by atoms with E-state index in [0.717, 1.165) is 5.04 Å². The zero-order valence-electron chi connectivity index (χ0n) is 7.70. The predicted octanol–water partition coefficient (Wildman–Crippen LogP) is -1.04. The first-order valence-electron chi connectivity index (χ1n) is 4.47. The molecule has 0 aromatic heterocycles. The van der Waals surface area contributed by atoms with E-state index in [1.807, 2.05) is 6.92 Å². The Hall–Kier alpha value is -0.140. The molecule has 2 aliphatic heterocycles. The van der Waals surface area contributed by atoms with Crippen LogP contribution in [0.2, 0.25) is 0 Å². The Kier molecular flexibility index (Phi) is 2.81. The molecule has 0 spiro atoms. The Morgan fingerprint density at radius 2 is 2.14 bits per heavy atom. The molecule has 80 valence electrons. The third kappa shape index (κ3) is 1.57. The van der Waals surface area contributed by atoms with Gasteiger partial charge < -0.3 is 20.1 Å². The van der Waals surface area contributed by atoms with Crippen molar-refractivity contribution < 1.29 is 20.1 Å². The fourth-order valence-electron chi connectivity index (χ4n) is 1.71. The Labute approximate surface area is 85.8 Å². The minimum absolute atomic E-state index is 0.273. The van der Waals surface area contributed by atoms with E-state index in [-0.39, 0.29) is 12.0 Å². The van der Waals surface area contributed by atoms with Crippen LogP contribution in [0.3, 0.4) is 0 Å². The van der Waals surface area contributed by atoms with Crippen LogP contribution in [-0.2, 0) is 4.74 Å². The van der Waals surface area contributed by atoms with Gasteiger partial charge in [-0.2, -0.15) is 0 Å². The number of rotatable bonds is 1. The molecule has 3 N–H and O–H groups in total. The lowest BCUT2D eigenvalue weighted by Crippen LogP contribution is -2.55. The number of thioether (sulfide) groups is 1. The number of aliphatic hydroxyl groups is 3. The van der Waals surface area contributed by atoms with Gasteiger partial charge in [-0.05, 0) is 6.92 Å². The van der Waals surface area contributed by atoms with Crippen LogP contribution in [0, 0.1) is 0 Å². The summed E-state index contributed by atoms with van der Waals surface area (Å²) in [5.41, 5.74) is -0.273. The Balaban J connectivity index is 2.14. The maximum Gasteiger partial charge on any atom is 0.134 e. The first kappa shape index (κ1) is 10.4. The molecular weight excluding hydrogens is 206 g/mol. The SMILES string of the molecule is CC1=NC2C(O[C@H](CO)C(O)[C@@H]2O)S1. The first-order chi connectivity index (χ1) is 6.63. The number of nitrogens with zero attached hydrogens (tertiary/aromatic N) is 1. The van der Waals surface area contributed by atoms with Crippen LogP contribution in [0.4, 0.5) is 0 Å². The molecule has 0 amide bonds. The molecule has 0 aliphatic carbocycles.